The zero-order valence-electron chi connectivity index (χ0n) is 17.8. The minimum Gasteiger partial charge on any atom is -0.385 e. The second-order valence-electron chi connectivity index (χ2n) is 7.05. The molecule has 0 aromatic carbocycles. The Kier molecular flexibility index (Phi) is 12.6. The van der Waals surface area contributed by atoms with Crippen LogP contribution in [0.4, 0.5) is 0 Å². The Morgan fingerprint density at radius 1 is 1.21 bits per heavy atom. The molecule has 0 unspecified atom stereocenters. The molecule has 0 spiro atoms. The summed E-state index contributed by atoms with van der Waals surface area (Å²) in [5, 5.41) is 11.9. The van der Waals surface area contributed by atoms with E-state index >= 15 is 0 Å². The van der Waals surface area contributed by atoms with E-state index in [1.165, 1.54) is 6.42 Å². The zero-order valence-corrected chi connectivity index (χ0v) is 20.1. The lowest BCUT2D eigenvalue weighted by molar-refractivity contribution is 0.00988. The maximum Gasteiger partial charge on any atom is 0.194 e. The van der Waals surface area contributed by atoms with E-state index in [9.17, 15) is 0 Å². The topological polar surface area (TPSA) is 76.8 Å². The van der Waals surface area contributed by atoms with Crippen molar-refractivity contribution in [3.63, 3.8) is 0 Å². The van der Waals surface area contributed by atoms with E-state index in [2.05, 4.69) is 27.3 Å². The van der Waals surface area contributed by atoms with Crippen molar-refractivity contribution in [3.05, 3.63) is 11.6 Å². The second kappa shape index (κ2) is 14.1. The van der Waals surface area contributed by atoms with Gasteiger partial charge in [0.2, 0.25) is 0 Å². The first-order valence-electron chi connectivity index (χ1n) is 10.1. The van der Waals surface area contributed by atoms with Crippen LogP contribution >= 0.6 is 24.0 Å². The van der Waals surface area contributed by atoms with Crippen LogP contribution in [0.2, 0.25) is 0 Å². The highest BCUT2D eigenvalue weighted by molar-refractivity contribution is 14.0. The number of rotatable bonds is 10. The van der Waals surface area contributed by atoms with Crippen LogP contribution in [0.15, 0.2) is 4.99 Å². The number of piperidine rings is 1. The van der Waals surface area contributed by atoms with Crippen LogP contribution < -0.4 is 5.32 Å². The molecule has 0 saturated carbocycles. The van der Waals surface area contributed by atoms with E-state index < -0.39 is 0 Å². The summed E-state index contributed by atoms with van der Waals surface area (Å²) >= 11 is 0. The lowest BCUT2D eigenvalue weighted by Gasteiger charge is -2.34. The quantitative estimate of drug-likeness (QED) is 0.227. The highest BCUT2D eigenvalue weighted by atomic mass is 127. The number of halogens is 1. The third kappa shape index (κ3) is 8.20. The molecule has 28 heavy (non-hydrogen) atoms. The molecule has 1 saturated heterocycles. The molecule has 1 N–H and O–H groups in total. The van der Waals surface area contributed by atoms with Crippen molar-refractivity contribution in [3.8, 4) is 0 Å². The molecular formula is C19H37IN6O2. The summed E-state index contributed by atoms with van der Waals surface area (Å²) in [5.74, 6) is 2.77. The number of methoxy groups -OCH3 is 1. The van der Waals surface area contributed by atoms with E-state index in [4.69, 9.17) is 14.5 Å². The lowest BCUT2D eigenvalue weighted by Crippen LogP contribution is -2.47. The lowest BCUT2D eigenvalue weighted by atomic mass is 10.1. The molecule has 1 aliphatic rings. The minimum absolute atomic E-state index is 0. The Hall–Kier alpha value is -0.940. The molecule has 162 valence electrons. The number of nitrogens with zero attached hydrogens (tertiary/aromatic N) is 5. The number of aliphatic imine (C=N–C) groups is 1. The number of nitrogens with one attached hydrogen (secondary N) is 1. The first-order chi connectivity index (χ1) is 13.2. The molecule has 8 nitrogen and oxygen atoms in total. The first kappa shape index (κ1) is 25.1. The largest absolute Gasteiger partial charge is 0.385 e. The fourth-order valence-electron chi connectivity index (χ4n) is 3.07. The van der Waals surface area contributed by atoms with E-state index in [1.807, 2.05) is 18.5 Å². The first-order valence-corrected chi connectivity index (χ1v) is 10.1. The Morgan fingerprint density at radius 2 is 1.96 bits per heavy atom. The maximum atomic E-state index is 5.97. The van der Waals surface area contributed by atoms with E-state index in [0.717, 1.165) is 76.1 Å². The van der Waals surface area contributed by atoms with Gasteiger partial charge in [-0.15, -0.1) is 34.2 Å². The van der Waals surface area contributed by atoms with Crippen LogP contribution in [0.25, 0.3) is 0 Å². The molecule has 1 aliphatic heterocycles. The number of likely N-dealkylation sites (tertiary alicyclic amines) is 1. The summed E-state index contributed by atoms with van der Waals surface area (Å²) < 4.78 is 13.0. The van der Waals surface area contributed by atoms with Crippen LogP contribution in [0, 0.1) is 6.92 Å². The van der Waals surface area contributed by atoms with Gasteiger partial charge in [-0.25, -0.2) is 4.99 Å². The van der Waals surface area contributed by atoms with Gasteiger partial charge in [0.1, 0.15) is 12.4 Å². The van der Waals surface area contributed by atoms with Crippen LogP contribution in [0.1, 0.15) is 50.7 Å². The predicted molar refractivity (Wildman–Crippen MR) is 122 cm³/mol. The van der Waals surface area contributed by atoms with Gasteiger partial charge >= 0.3 is 0 Å². The predicted octanol–water partition coefficient (Wildman–Crippen LogP) is 2.50. The monoisotopic (exact) mass is 508 g/mol. The normalized spacial score (nSPS) is 15.6. The molecule has 2 heterocycles. The molecule has 9 heteroatoms. The summed E-state index contributed by atoms with van der Waals surface area (Å²) in [6, 6.07) is 0. The molecule has 1 aromatic rings. The standard InChI is InChI=1S/C19H36N6O2.HI/c1-5-6-10-20-19(21-15-18-23-22-16(2)24(18)3)25-11-8-17(9-12-25)27-14-7-13-26-4;/h17H,5-15H2,1-4H3,(H,20,21);1H. The Bertz CT molecular complexity index is 573. The van der Waals surface area contributed by atoms with Crippen molar-refractivity contribution in [1.82, 2.24) is 25.0 Å². The average molecular weight is 508 g/mol. The minimum atomic E-state index is 0. The summed E-state index contributed by atoms with van der Waals surface area (Å²) in [4.78, 5) is 7.17. The zero-order chi connectivity index (χ0) is 19.5. The van der Waals surface area contributed by atoms with Crippen molar-refractivity contribution in [2.45, 2.75) is 58.6 Å². The van der Waals surface area contributed by atoms with Gasteiger partial charge in [-0.2, -0.15) is 0 Å². The number of guanidine groups is 1. The fraction of sp³-hybridized carbons (Fsp3) is 0.842. The van der Waals surface area contributed by atoms with Crippen molar-refractivity contribution < 1.29 is 9.47 Å². The molecule has 0 aliphatic carbocycles. The third-order valence-electron chi connectivity index (χ3n) is 4.95. The van der Waals surface area contributed by atoms with Gasteiger partial charge < -0.3 is 24.3 Å². The van der Waals surface area contributed by atoms with Crippen molar-refractivity contribution in [2.24, 2.45) is 12.0 Å². The van der Waals surface area contributed by atoms with Gasteiger partial charge in [0, 0.05) is 47.0 Å². The molecule has 2 rings (SSSR count). The van der Waals surface area contributed by atoms with Gasteiger partial charge in [0.05, 0.1) is 6.10 Å². The maximum absolute atomic E-state index is 5.97. The highest BCUT2D eigenvalue weighted by Crippen LogP contribution is 2.14. The van der Waals surface area contributed by atoms with Gasteiger partial charge in [-0.05, 0) is 32.6 Å². The summed E-state index contributed by atoms with van der Waals surface area (Å²) in [5.41, 5.74) is 0. The number of unbranched alkanes of at least 4 members (excludes halogenated alkanes) is 1. The Balaban J connectivity index is 0.00000392. The summed E-state index contributed by atoms with van der Waals surface area (Å²) in [6.07, 6.45) is 5.67. The molecule has 1 aromatic heterocycles. The van der Waals surface area contributed by atoms with E-state index in [1.54, 1.807) is 7.11 Å². The van der Waals surface area contributed by atoms with Crippen molar-refractivity contribution in [1.29, 1.82) is 0 Å². The number of hydrogen-bond acceptors (Lipinski definition) is 5. The van der Waals surface area contributed by atoms with Gasteiger partial charge in [-0.1, -0.05) is 13.3 Å². The number of aryl methyl sites for hydroxylation is 1. The van der Waals surface area contributed by atoms with Gasteiger partial charge in [0.25, 0.3) is 0 Å². The molecule has 0 bridgehead atoms. The van der Waals surface area contributed by atoms with Crippen molar-refractivity contribution >= 4 is 29.9 Å². The third-order valence-corrected chi connectivity index (χ3v) is 4.95. The Labute approximate surface area is 186 Å². The molecule has 0 amide bonds. The second-order valence-corrected chi connectivity index (χ2v) is 7.05. The molecule has 0 atom stereocenters. The number of ether oxygens (including phenoxy) is 2. The van der Waals surface area contributed by atoms with E-state index in [0.29, 0.717) is 12.6 Å². The van der Waals surface area contributed by atoms with Gasteiger partial charge in [0.15, 0.2) is 11.8 Å². The average Bonchev–Trinajstić information content (AvgIpc) is 3.01. The fourth-order valence-corrected chi connectivity index (χ4v) is 3.07. The van der Waals surface area contributed by atoms with Crippen LogP contribution in [0.5, 0.6) is 0 Å². The van der Waals surface area contributed by atoms with E-state index in [-0.39, 0.29) is 24.0 Å². The molecule has 0 radical (unpaired) electrons. The number of aromatic nitrogens is 3. The number of hydrogen-bond donors (Lipinski definition) is 1. The summed E-state index contributed by atoms with van der Waals surface area (Å²) in [7, 11) is 3.71. The van der Waals surface area contributed by atoms with Gasteiger partial charge in [-0.3, -0.25) is 0 Å². The van der Waals surface area contributed by atoms with Crippen LogP contribution in [0.3, 0.4) is 0 Å². The van der Waals surface area contributed by atoms with Crippen LogP contribution in [-0.2, 0) is 23.1 Å². The molecular weight excluding hydrogens is 471 g/mol. The molecule has 1 fully saturated rings. The SMILES string of the molecule is CCCCNC(=NCc1nnc(C)n1C)N1CCC(OCCCOC)CC1.I. The Morgan fingerprint density at radius 3 is 2.57 bits per heavy atom. The summed E-state index contributed by atoms with van der Waals surface area (Å²) in [6.45, 7) is 9.11. The smallest absolute Gasteiger partial charge is 0.194 e. The highest BCUT2D eigenvalue weighted by Gasteiger charge is 2.22. The van der Waals surface area contributed by atoms with Crippen LogP contribution in [-0.4, -0.2) is 71.7 Å². The van der Waals surface area contributed by atoms with Crippen molar-refractivity contribution in [2.75, 3.05) is 40.0 Å².